The van der Waals surface area contributed by atoms with Crippen LogP contribution in [-0.4, -0.2) is 43.0 Å². The molecule has 0 spiro atoms. The van der Waals surface area contributed by atoms with E-state index in [1.807, 2.05) is 0 Å². The Bertz CT molecular complexity index is 353. The molecule has 0 aromatic carbocycles. The first-order chi connectivity index (χ1) is 7.28. The summed E-state index contributed by atoms with van der Waals surface area (Å²) in [5.41, 5.74) is 0. The number of nitrogens with zero attached hydrogens (tertiary/aromatic N) is 1. The molecule has 5 nitrogen and oxygen atoms in total. The summed E-state index contributed by atoms with van der Waals surface area (Å²) in [6, 6.07) is 3.24. The lowest BCUT2D eigenvalue weighted by atomic mass is 10.2. The van der Waals surface area contributed by atoms with Gasteiger partial charge in [-0.25, -0.2) is 9.59 Å². The van der Waals surface area contributed by atoms with E-state index in [2.05, 4.69) is 5.32 Å². The molecule has 80 valence electrons. The van der Waals surface area contributed by atoms with Gasteiger partial charge in [0.05, 0.1) is 6.26 Å². The highest BCUT2D eigenvalue weighted by Crippen LogP contribution is 2.14. The van der Waals surface area contributed by atoms with Gasteiger partial charge in [-0.2, -0.15) is 4.48 Å². The maximum atomic E-state index is 12.0. The second kappa shape index (κ2) is 3.96. The normalized spacial score (nSPS) is 19.7. The van der Waals surface area contributed by atoms with Crippen LogP contribution < -0.4 is 5.32 Å². The van der Waals surface area contributed by atoms with E-state index >= 15 is 0 Å². The molecular formula is C10H13N2O3+. The summed E-state index contributed by atoms with van der Waals surface area (Å²) in [4.78, 5) is 23.1. The van der Waals surface area contributed by atoms with E-state index in [4.69, 9.17) is 4.42 Å². The van der Waals surface area contributed by atoms with Crippen molar-refractivity contribution >= 4 is 12.3 Å². The van der Waals surface area contributed by atoms with E-state index in [9.17, 15) is 9.59 Å². The molecule has 0 bridgehead atoms. The van der Waals surface area contributed by atoms with Gasteiger partial charge < -0.3 is 9.73 Å². The molecule has 1 aliphatic rings. The molecule has 2 amide bonds. The van der Waals surface area contributed by atoms with Crippen LogP contribution in [0.15, 0.2) is 22.8 Å². The van der Waals surface area contributed by atoms with Gasteiger partial charge in [-0.1, -0.05) is 0 Å². The minimum Gasteiger partial charge on any atom is -0.455 e. The van der Waals surface area contributed by atoms with Gasteiger partial charge in [-0.05, 0) is 12.1 Å². The quantitative estimate of drug-likeness (QED) is 0.550. The molecule has 15 heavy (non-hydrogen) atoms. The third-order valence-electron chi connectivity index (χ3n) is 2.71. The smallest absolute Gasteiger partial charge is 0.388 e. The summed E-state index contributed by atoms with van der Waals surface area (Å²) in [6.45, 7) is 2.32. The number of hydrogen-bond acceptors (Lipinski definition) is 4. The van der Waals surface area contributed by atoms with E-state index in [1.54, 1.807) is 12.1 Å². The standard InChI is InChI=1S/C10H13N2O3/c13-8-12(5-3-11-4-6-12)10(14)9-2-1-7-15-9/h1-2,7-8,11H,3-6H2/q+1. The van der Waals surface area contributed by atoms with Crippen molar-refractivity contribution in [2.45, 2.75) is 0 Å². The summed E-state index contributed by atoms with van der Waals surface area (Å²) < 4.78 is 4.86. The van der Waals surface area contributed by atoms with Crippen molar-refractivity contribution < 1.29 is 18.5 Å². The molecule has 1 aliphatic heterocycles. The Kier molecular flexibility index (Phi) is 2.66. The lowest BCUT2D eigenvalue weighted by molar-refractivity contribution is -0.766. The molecule has 0 saturated carbocycles. The Balaban J connectivity index is 2.26. The number of nitrogens with one attached hydrogen (secondary N) is 1. The van der Waals surface area contributed by atoms with Crippen molar-refractivity contribution in [2.24, 2.45) is 0 Å². The molecule has 1 fully saturated rings. The second-order valence-corrected chi connectivity index (χ2v) is 3.62. The number of quaternary nitrogens is 1. The monoisotopic (exact) mass is 209 g/mol. The van der Waals surface area contributed by atoms with Gasteiger partial charge in [-0.3, -0.25) is 0 Å². The minimum absolute atomic E-state index is 0.166. The van der Waals surface area contributed by atoms with Crippen molar-refractivity contribution in [1.29, 1.82) is 0 Å². The number of piperazine rings is 1. The molecular weight excluding hydrogens is 196 g/mol. The molecule has 1 N–H and O–H groups in total. The second-order valence-electron chi connectivity index (χ2n) is 3.62. The highest BCUT2D eigenvalue weighted by Gasteiger charge is 2.40. The predicted molar refractivity (Wildman–Crippen MR) is 52.0 cm³/mol. The molecule has 5 heteroatoms. The van der Waals surface area contributed by atoms with Gasteiger partial charge in [0.2, 0.25) is 5.76 Å². The van der Waals surface area contributed by atoms with Crippen LogP contribution in [0.5, 0.6) is 0 Å². The molecule has 1 saturated heterocycles. The first kappa shape index (κ1) is 10.1. The van der Waals surface area contributed by atoms with Gasteiger partial charge >= 0.3 is 12.3 Å². The number of hydrogen-bond donors (Lipinski definition) is 1. The maximum absolute atomic E-state index is 12.0. The largest absolute Gasteiger partial charge is 0.455 e. The van der Waals surface area contributed by atoms with Crippen LogP contribution in [0.4, 0.5) is 0 Å². The average molecular weight is 209 g/mol. The third kappa shape index (κ3) is 1.71. The van der Waals surface area contributed by atoms with Crippen LogP contribution in [-0.2, 0) is 4.79 Å². The van der Waals surface area contributed by atoms with Gasteiger partial charge in [0.15, 0.2) is 0 Å². The van der Waals surface area contributed by atoms with Crippen molar-refractivity contribution in [2.75, 3.05) is 26.2 Å². The van der Waals surface area contributed by atoms with Crippen LogP contribution in [0.3, 0.4) is 0 Å². The Morgan fingerprint density at radius 2 is 2.20 bits per heavy atom. The first-order valence-corrected chi connectivity index (χ1v) is 4.91. The molecule has 0 radical (unpaired) electrons. The number of furan rings is 1. The molecule has 2 heterocycles. The van der Waals surface area contributed by atoms with Gasteiger partial charge in [-0.15, -0.1) is 0 Å². The molecule has 0 atom stereocenters. The third-order valence-corrected chi connectivity index (χ3v) is 2.71. The molecule has 0 unspecified atom stereocenters. The van der Waals surface area contributed by atoms with Crippen molar-refractivity contribution in [3.8, 4) is 0 Å². The number of amides is 2. The lowest BCUT2D eigenvalue weighted by Gasteiger charge is -2.31. The summed E-state index contributed by atoms with van der Waals surface area (Å²) >= 11 is 0. The van der Waals surface area contributed by atoms with Gasteiger partial charge in [0, 0.05) is 13.1 Å². The SMILES string of the molecule is O=C[N+]1(C(=O)c2ccco2)CCNCC1. The van der Waals surface area contributed by atoms with Crippen LogP contribution in [0.1, 0.15) is 10.6 Å². The fraction of sp³-hybridized carbons (Fsp3) is 0.400. The zero-order valence-corrected chi connectivity index (χ0v) is 8.31. The minimum atomic E-state index is -0.253. The van der Waals surface area contributed by atoms with Crippen molar-refractivity contribution in [1.82, 2.24) is 5.32 Å². The fourth-order valence-corrected chi connectivity index (χ4v) is 1.77. The van der Waals surface area contributed by atoms with Crippen LogP contribution in [0.25, 0.3) is 0 Å². The number of carbonyl (C=O) groups excluding carboxylic acids is 2. The van der Waals surface area contributed by atoms with E-state index in [0.29, 0.717) is 32.6 Å². The molecule has 2 rings (SSSR count). The summed E-state index contributed by atoms with van der Waals surface area (Å²) in [7, 11) is 0. The van der Waals surface area contributed by atoms with Crippen LogP contribution >= 0.6 is 0 Å². The van der Waals surface area contributed by atoms with Crippen molar-refractivity contribution in [3.05, 3.63) is 24.2 Å². The van der Waals surface area contributed by atoms with Crippen LogP contribution in [0.2, 0.25) is 0 Å². The lowest BCUT2D eigenvalue weighted by Crippen LogP contribution is -2.60. The van der Waals surface area contributed by atoms with E-state index in [-0.39, 0.29) is 16.2 Å². The fourth-order valence-electron chi connectivity index (χ4n) is 1.77. The number of rotatable bonds is 2. The zero-order chi connectivity index (χ0) is 10.7. The Morgan fingerprint density at radius 3 is 2.73 bits per heavy atom. The number of carbonyl (C=O) groups is 2. The van der Waals surface area contributed by atoms with Gasteiger partial charge in [0.1, 0.15) is 13.1 Å². The summed E-state index contributed by atoms with van der Waals surface area (Å²) in [6.07, 6.45) is 2.16. The Morgan fingerprint density at radius 1 is 1.47 bits per heavy atom. The van der Waals surface area contributed by atoms with Crippen LogP contribution in [0, 0.1) is 0 Å². The molecule has 1 aromatic heterocycles. The highest BCUT2D eigenvalue weighted by molar-refractivity contribution is 5.89. The topological polar surface area (TPSA) is 59.3 Å². The molecule has 0 aliphatic carbocycles. The Hall–Kier alpha value is -1.46. The summed E-state index contributed by atoms with van der Waals surface area (Å²) in [5.74, 6) is 0.000463. The average Bonchev–Trinajstić information content (AvgIpc) is 2.82. The van der Waals surface area contributed by atoms with E-state index < -0.39 is 0 Å². The van der Waals surface area contributed by atoms with Crippen molar-refractivity contribution in [3.63, 3.8) is 0 Å². The summed E-state index contributed by atoms with van der Waals surface area (Å²) in [5, 5.41) is 3.12. The Labute approximate surface area is 87.3 Å². The predicted octanol–water partition coefficient (Wildman–Crippen LogP) is -0.00380. The maximum Gasteiger partial charge on any atom is 0.388 e. The number of imide groups is 1. The first-order valence-electron chi connectivity index (χ1n) is 4.91. The molecule has 1 aromatic rings. The highest BCUT2D eigenvalue weighted by atomic mass is 16.3. The van der Waals surface area contributed by atoms with E-state index in [1.165, 1.54) is 6.26 Å². The van der Waals surface area contributed by atoms with Gasteiger partial charge in [0.25, 0.3) is 0 Å². The van der Waals surface area contributed by atoms with E-state index in [0.717, 1.165) is 0 Å². The zero-order valence-electron chi connectivity index (χ0n) is 8.31.